The minimum absolute atomic E-state index is 0.635. The van der Waals surface area contributed by atoms with Crippen LogP contribution in [0.2, 0.25) is 0 Å². The molecule has 0 aliphatic heterocycles. The first-order valence-corrected chi connectivity index (χ1v) is 21.5. The predicted octanol–water partition coefficient (Wildman–Crippen LogP) is 15.4. The first-order chi connectivity index (χ1) is 31.7. The van der Waals surface area contributed by atoms with Crippen molar-refractivity contribution < 1.29 is 0 Å². The zero-order chi connectivity index (χ0) is 42.6. The van der Waals surface area contributed by atoms with Crippen molar-refractivity contribution in [1.82, 2.24) is 15.0 Å². The molecule has 1 heterocycles. The van der Waals surface area contributed by atoms with E-state index in [-0.39, 0.29) is 0 Å². The van der Waals surface area contributed by atoms with Crippen LogP contribution in [-0.2, 0) is 0 Å². The van der Waals surface area contributed by atoms with Gasteiger partial charge in [-0.1, -0.05) is 206 Å². The van der Waals surface area contributed by atoms with Crippen molar-refractivity contribution in [2.45, 2.75) is 0 Å². The number of benzene rings is 10. The van der Waals surface area contributed by atoms with E-state index in [0.717, 1.165) is 66.4 Å². The summed E-state index contributed by atoms with van der Waals surface area (Å²) in [5.74, 6) is 1.92. The second-order valence-corrected chi connectivity index (χ2v) is 16.2. The van der Waals surface area contributed by atoms with Gasteiger partial charge in [0.1, 0.15) is 0 Å². The lowest BCUT2D eigenvalue weighted by Crippen LogP contribution is -2.00. The molecule has 0 saturated carbocycles. The number of fused-ring (bicyclic) bond motifs is 4. The molecule has 1 aliphatic carbocycles. The van der Waals surface area contributed by atoms with E-state index >= 15 is 0 Å². The maximum atomic E-state index is 9.99. The molecule has 0 bridgehead atoms. The Labute approximate surface area is 371 Å². The molecule has 0 radical (unpaired) electrons. The molecular formula is C60H36N4. The monoisotopic (exact) mass is 812 g/mol. The molecule has 0 spiro atoms. The van der Waals surface area contributed by atoms with Gasteiger partial charge in [-0.2, -0.15) is 5.26 Å². The van der Waals surface area contributed by atoms with Gasteiger partial charge in [0.25, 0.3) is 0 Å². The average molecular weight is 813 g/mol. The van der Waals surface area contributed by atoms with Gasteiger partial charge in [-0.05, 0) is 95.1 Å². The summed E-state index contributed by atoms with van der Waals surface area (Å²) >= 11 is 0. The highest BCUT2D eigenvalue weighted by Gasteiger charge is 2.25. The van der Waals surface area contributed by atoms with Crippen LogP contribution >= 0.6 is 0 Å². The van der Waals surface area contributed by atoms with Crippen LogP contribution in [0.4, 0.5) is 0 Å². The summed E-state index contributed by atoms with van der Waals surface area (Å²) in [6.07, 6.45) is 0. The van der Waals surface area contributed by atoms with Gasteiger partial charge < -0.3 is 0 Å². The van der Waals surface area contributed by atoms with Gasteiger partial charge in [0.15, 0.2) is 17.5 Å². The van der Waals surface area contributed by atoms with Crippen molar-refractivity contribution in [1.29, 1.82) is 5.26 Å². The van der Waals surface area contributed by atoms with E-state index in [2.05, 4.69) is 152 Å². The Bertz CT molecular complexity index is 3560. The lowest BCUT2D eigenvalue weighted by atomic mass is 9.86. The molecule has 1 aromatic heterocycles. The fourth-order valence-electron chi connectivity index (χ4n) is 9.47. The molecule has 12 rings (SSSR count). The van der Waals surface area contributed by atoms with Gasteiger partial charge in [0, 0.05) is 22.1 Å². The van der Waals surface area contributed by atoms with E-state index in [1.807, 2.05) is 72.8 Å². The third-order valence-corrected chi connectivity index (χ3v) is 12.6. The summed E-state index contributed by atoms with van der Waals surface area (Å²) in [6.45, 7) is 0. The Morgan fingerprint density at radius 2 is 0.656 bits per heavy atom. The third kappa shape index (κ3) is 6.26. The number of nitriles is 1. The summed E-state index contributed by atoms with van der Waals surface area (Å²) in [5, 5.41) is 14.5. The van der Waals surface area contributed by atoms with Gasteiger partial charge in [-0.3, -0.25) is 0 Å². The Balaban J connectivity index is 0.903. The molecule has 10 aromatic carbocycles. The van der Waals surface area contributed by atoms with E-state index in [9.17, 15) is 5.26 Å². The van der Waals surface area contributed by atoms with Crippen LogP contribution in [-0.4, -0.2) is 15.0 Å². The van der Waals surface area contributed by atoms with Crippen LogP contribution in [0.5, 0.6) is 0 Å². The lowest BCUT2D eigenvalue weighted by Gasteiger charge is -2.17. The number of rotatable bonds is 7. The lowest BCUT2D eigenvalue weighted by molar-refractivity contribution is 1.07. The molecule has 64 heavy (non-hydrogen) atoms. The van der Waals surface area contributed by atoms with Gasteiger partial charge >= 0.3 is 0 Å². The smallest absolute Gasteiger partial charge is 0.164 e. The van der Waals surface area contributed by atoms with Crippen LogP contribution in [0.25, 0.3) is 122 Å². The highest BCUT2D eigenvalue weighted by atomic mass is 15.0. The number of hydrogen-bond acceptors (Lipinski definition) is 4. The van der Waals surface area contributed by atoms with Crippen molar-refractivity contribution in [3.8, 4) is 107 Å². The number of hydrogen-bond donors (Lipinski definition) is 0. The van der Waals surface area contributed by atoms with E-state index < -0.39 is 0 Å². The topological polar surface area (TPSA) is 62.5 Å². The Morgan fingerprint density at radius 1 is 0.266 bits per heavy atom. The van der Waals surface area contributed by atoms with Crippen molar-refractivity contribution in [3.63, 3.8) is 0 Å². The summed E-state index contributed by atoms with van der Waals surface area (Å²) in [6, 6.07) is 79.0. The molecule has 0 N–H and O–H groups in total. The molecule has 11 aromatic rings. The van der Waals surface area contributed by atoms with E-state index in [4.69, 9.17) is 15.0 Å². The molecule has 0 fully saturated rings. The zero-order valence-electron chi connectivity index (χ0n) is 34.6. The maximum Gasteiger partial charge on any atom is 0.164 e. The fraction of sp³-hybridized carbons (Fsp3) is 0. The molecule has 0 unspecified atom stereocenters. The van der Waals surface area contributed by atoms with Crippen molar-refractivity contribution >= 4 is 21.5 Å². The number of aromatic nitrogens is 3. The van der Waals surface area contributed by atoms with Crippen LogP contribution in [0.3, 0.4) is 0 Å². The van der Waals surface area contributed by atoms with Crippen molar-refractivity contribution in [3.05, 3.63) is 224 Å². The van der Waals surface area contributed by atoms with Gasteiger partial charge in [0.2, 0.25) is 0 Å². The highest BCUT2D eigenvalue weighted by molar-refractivity contribution is 6.23. The standard InChI is InChI=1S/C60H36N4/c61-37-46-18-10-22-49-47(46)21-11-23-52(49)53-34-35-55-51-20-8-7-19-50(51)54-33-32-48(56(53)57(54)55)40-28-24-38(25-29-40)44-16-9-17-45(36-44)39-26-30-43(31-27-39)60-63-58(41-12-3-1-4-13-41)62-59(64-60)42-14-5-2-6-15-42/h1-36H. The SMILES string of the molecule is N#Cc1cccc2c(-c3ccc4c5c(ccc(-c6ccc(-c7cccc(-c8ccc(-c9nc(-c%10ccccc%10)nc(-c%10ccccc%10)n9)cc8)c7)cc6)c35)-c3ccccc3-4)cccc12. The second-order valence-electron chi connectivity index (χ2n) is 16.2. The molecule has 296 valence electrons. The first-order valence-electron chi connectivity index (χ1n) is 21.5. The third-order valence-electron chi connectivity index (χ3n) is 12.6. The van der Waals surface area contributed by atoms with Crippen molar-refractivity contribution in [2.75, 3.05) is 0 Å². The summed E-state index contributed by atoms with van der Waals surface area (Å²) < 4.78 is 0. The molecular weight excluding hydrogens is 777 g/mol. The normalized spacial score (nSPS) is 11.4. The Morgan fingerprint density at radius 3 is 1.22 bits per heavy atom. The predicted molar refractivity (Wildman–Crippen MR) is 262 cm³/mol. The molecule has 0 amide bonds. The largest absolute Gasteiger partial charge is 0.208 e. The maximum absolute atomic E-state index is 9.99. The second kappa shape index (κ2) is 15.3. The van der Waals surface area contributed by atoms with Crippen LogP contribution in [0.15, 0.2) is 218 Å². The van der Waals surface area contributed by atoms with E-state index in [0.29, 0.717) is 23.0 Å². The minimum Gasteiger partial charge on any atom is -0.208 e. The summed E-state index contributed by atoms with van der Waals surface area (Å²) in [5.41, 5.74) is 17.7. The van der Waals surface area contributed by atoms with E-state index in [1.54, 1.807) is 0 Å². The van der Waals surface area contributed by atoms with Crippen molar-refractivity contribution in [2.24, 2.45) is 0 Å². The van der Waals surface area contributed by atoms with Crippen LogP contribution < -0.4 is 0 Å². The fourth-order valence-corrected chi connectivity index (χ4v) is 9.47. The summed E-state index contributed by atoms with van der Waals surface area (Å²) in [7, 11) is 0. The molecule has 0 saturated heterocycles. The van der Waals surface area contributed by atoms with Gasteiger partial charge in [-0.15, -0.1) is 0 Å². The first kappa shape index (κ1) is 37.0. The van der Waals surface area contributed by atoms with Crippen LogP contribution in [0.1, 0.15) is 5.56 Å². The quantitative estimate of drug-likeness (QED) is 0.161. The molecule has 4 heteroatoms. The highest BCUT2D eigenvalue weighted by Crippen LogP contribution is 2.52. The van der Waals surface area contributed by atoms with Gasteiger partial charge in [0.05, 0.1) is 11.6 Å². The zero-order valence-corrected chi connectivity index (χ0v) is 34.6. The van der Waals surface area contributed by atoms with Crippen LogP contribution in [0, 0.1) is 11.3 Å². The van der Waals surface area contributed by atoms with Gasteiger partial charge in [-0.25, -0.2) is 15.0 Å². The van der Waals surface area contributed by atoms with E-state index in [1.165, 1.54) is 38.6 Å². The summed E-state index contributed by atoms with van der Waals surface area (Å²) in [4.78, 5) is 14.7. The average Bonchev–Trinajstić information content (AvgIpc) is 3.71. The Kier molecular flexibility index (Phi) is 8.84. The molecule has 4 nitrogen and oxygen atoms in total. The molecule has 0 atom stereocenters. The Hall–Kier alpha value is -8.78. The minimum atomic E-state index is 0.635. The molecule has 1 aliphatic rings. The number of nitrogens with zero attached hydrogens (tertiary/aromatic N) is 4.